The monoisotopic (exact) mass is 685 g/mol. The second-order valence-electron chi connectivity index (χ2n) is 14.9. The van der Waals surface area contributed by atoms with Crippen LogP contribution in [0.15, 0.2) is 53.3 Å². The Bertz CT molecular complexity index is 1590. The van der Waals surface area contributed by atoms with E-state index in [1.807, 2.05) is 41.7 Å². The maximum Gasteiger partial charge on any atom is 0.407 e. The summed E-state index contributed by atoms with van der Waals surface area (Å²) >= 11 is 3.94. The molecule has 1 aliphatic rings. The van der Waals surface area contributed by atoms with E-state index < -0.39 is 25.4 Å². The Morgan fingerprint density at radius 2 is 1.63 bits per heavy atom. The first-order chi connectivity index (χ1) is 21.3. The summed E-state index contributed by atoms with van der Waals surface area (Å²) in [6.45, 7) is 17.6. The smallest absolute Gasteiger partial charge is 0.407 e. The lowest BCUT2D eigenvalue weighted by Gasteiger charge is -2.53. The van der Waals surface area contributed by atoms with Crippen molar-refractivity contribution in [1.82, 2.24) is 9.88 Å². The highest BCUT2D eigenvalue weighted by Gasteiger charge is 2.53. The maximum absolute atomic E-state index is 13.0. The van der Waals surface area contributed by atoms with Crippen LogP contribution >= 0.6 is 23.5 Å². The van der Waals surface area contributed by atoms with Gasteiger partial charge >= 0.3 is 6.09 Å². The van der Waals surface area contributed by atoms with Crippen LogP contribution in [-0.2, 0) is 14.1 Å². The molecule has 2 aromatic carbocycles. The predicted octanol–water partition coefficient (Wildman–Crippen LogP) is 8.56. The van der Waals surface area contributed by atoms with Gasteiger partial charge in [0.1, 0.15) is 11.4 Å². The van der Waals surface area contributed by atoms with Crippen LogP contribution in [0.1, 0.15) is 71.9 Å². The normalized spacial score (nSPS) is 16.8. The third-order valence-corrected chi connectivity index (χ3v) is 17.8. The Hall–Kier alpha value is -2.60. The number of hydrogen-bond donors (Lipinski definition) is 4. The molecule has 0 bridgehead atoms. The van der Waals surface area contributed by atoms with E-state index in [0.717, 1.165) is 35.6 Å². The molecule has 1 saturated heterocycles. The number of aromatic hydroxyl groups is 1. The lowest BCUT2D eigenvalue weighted by molar-refractivity contribution is -0.0695. The summed E-state index contributed by atoms with van der Waals surface area (Å²) in [5.41, 5.74) is 7.05. The maximum atomic E-state index is 13.0. The standard InChI is InChI=1S/C35H51N3O5S2Si/c1-32(2,3)34(43-46(7,8)33(4,5)6,27-16-17-28(39)30-26(27)15-18-29(40)37-30)23-38(31(41)42)20-10-9-19-35(44-21-22-45-35)24-11-13-25(36)14-12-24/h11-18,39H,9-10,19-23,36H2,1-8H3,(H,37,40)(H,41,42)/t34-/m0/s1. The SMILES string of the molecule is CC(C)(C)[C@@](CN(CCCCC1(c2ccc(N)cc2)SCCS1)C(=O)O)(O[Si](C)(C)C(C)(C)C)c1ccc(O)c2[nH]c(=O)ccc12. The number of anilines is 1. The van der Waals surface area contributed by atoms with Gasteiger partial charge in [0.2, 0.25) is 5.56 Å². The fourth-order valence-electron chi connectivity index (χ4n) is 5.96. The quantitative estimate of drug-likeness (QED) is 0.0898. The Morgan fingerprint density at radius 3 is 2.20 bits per heavy atom. The van der Waals surface area contributed by atoms with E-state index in [1.165, 1.54) is 16.5 Å². The molecule has 0 saturated carbocycles. The van der Waals surface area contributed by atoms with E-state index in [0.29, 0.717) is 23.9 Å². The summed E-state index contributed by atoms with van der Waals surface area (Å²) in [7, 11) is -2.52. The molecule has 5 N–H and O–H groups in total. The van der Waals surface area contributed by atoms with Gasteiger partial charge in [-0.3, -0.25) is 4.79 Å². The highest BCUT2D eigenvalue weighted by Crippen LogP contribution is 2.55. The highest BCUT2D eigenvalue weighted by atomic mass is 32.2. The number of thioether (sulfide) groups is 2. The minimum atomic E-state index is -2.52. The Balaban J connectivity index is 1.72. The van der Waals surface area contributed by atoms with Crippen LogP contribution in [0.3, 0.4) is 0 Å². The predicted molar refractivity (Wildman–Crippen MR) is 197 cm³/mol. The molecule has 252 valence electrons. The molecule has 4 rings (SSSR count). The number of fused-ring (bicyclic) bond motifs is 1. The number of unbranched alkanes of at least 4 members (excludes halogenated alkanes) is 1. The van der Waals surface area contributed by atoms with E-state index in [2.05, 4.69) is 71.8 Å². The van der Waals surface area contributed by atoms with Gasteiger partial charge in [0, 0.05) is 35.2 Å². The van der Waals surface area contributed by atoms with Gasteiger partial charge in [-0.05, 0) is 78.2 Å². The number of aromatic amines is 1. The van der Waals surface area contributed by atoms with Gasteiger partial charge < -0.3 is 30.3 Å². The van der Waals surface area contributed by atoms with Crippen LogP contribution in [0.5, 0.6) is 5.75 Å². The van der Waals surface area contributed by atoms with Gasteiger partial charge in [-0.15, -0.1) is 23.5 Å². The summed E-state index contributed by atoms with van der Waals surface area (Å²) in [4.78, 5) is 29.6. The number of nitrogens with two attached hydrogens (primary N) is 1. The molecule has 1 aromatic heterocycles. The first-order valence-electron chi connectivity index (χ1n) is 16.0. The first-order valence-corrected chi connectivity index (χ1v) is 20.9. The fourth-order valence-corrected chi connectivity index (χ4v) is 11.0. The number of rotatable bonds is 11. The Morgan fingerprint density at radius 1 is 1.00 bits per heavy atom. The summed E-state index contributed by atoms with van der Waals surface area (Å²) in [6.07, 6.45) is 1.50. The van der Waals surface area contributed by atoms with Crippen LogP contribution in [0, 0.1) is 5.41 Å². The number of carboxylic acid groups (broad SMARTS) is 1. The van der Waals surface area contributed by atoms with E-state index in [-0.39, 0.29) is 27.0 Å². The molecule has 8 nitrogen and oxygen atoms in total. The molecule has 0 aliphatic carbocycles. The molecule has 0 radical (unpaired) electrons. The molecule has 0 unspecified atom stereocenters. The van der Waals surface area contributed by atoms with Crippen LogP contribution in [0.25, 0.3) is 10.9 Å². The van der Waals surface area contributed by atoms with Crippen LogP contribution < -0.4 is 11.3 Å². The summed E-state index contributed by atoms with van der Waals surface area (Å²) < 4.78 is 7.36. The number of pyridine rings is 1. The van der Waals surface area contributed by atoms with Crippen molar-refractivity contribution in [1.29, 1.82) is 0 Å². The van der Waals surface area contributed by atoms with Crippen molar-refractivity contribution in [2.24, 2.45) is 5.41 Å². The minimum Gasteiger partial charge on any atom is -0.506 e. The number of phenolic OH excluding ortho intramolecular Hbond substituents is 1. The van der Waals surface area contributed by atoms with Crippen LogP contribution in [-0.4, -0.2) is 59.1 Å². The van der Waals surface area contributed by atoms with Crippen molar-refractivity contribution in [2.75, 3.05) is 30.3 Å². The average Bonchev–Trinajstić information content (AvgIpc) is 3.43. The number of amides is 1. The zero-order valence-corrected chi connectivity index (χ0v) is 31.2. The number of benzene rings is 2. The third-order valence-electron chi connectivity index (χ3n) is 9.73. The summed E-state index contributed by atoms with van der Waals surface area (Å²) in [6, 6.07) is 14.7. The zero-order chi connectivity index (χ0) is 34.1. The number of nitrogens with one attached hydrogen (secondary N) is 1. The second kappa shape index (κ2) is 13.5. The van der Waals surface area contributed by atoms with Gasteiger partial charge in [0.05, 0.1) is 16.1 Å². The minimum absolute atomic E-state index is 0.0423. The highest BCUT2D eigenvalue weighted by molar-refractivity contribution is 8.20. The molecule has 11 heteroatoms. The molecule has 1 fully saturated rings. The molecule has 1 atom stereocenters. The zero-order valence-electron chi connectivity index (χ0n) is 28.5. The lowest BCUT2D eigenvalue weighted by atomic mass is 9.70. The van der Waals surface area contributed by atoms with Gasteiger partial charge in [-0.2, -0.15) is 0 Å². The molecule has 2 heterocycles. The number of nitrogen functional groups attached to an aromatic ring is 1. The van der Waals surface area contributed by atoms with E-state index in [9.17, 15) is 19.8 Å². The van der Waals surface area contributed by atoms with Gasteiger partial charge in [0.15, 0.2) is 8.32 Å². The molecule has 1 amide bonds. The van der Waals surface area contributed by atoms with E-state index >= 15 is 0 Å². The molecule has 1 aliphatic heterocycles. The number of nitrogens with zero attached hydrogens (tertiary/aromatic N) is 1. The fraction of sp³-hybridized carbons (Fsp3) is 0.543. The first kappa shape index (κ1) is 36.2. The van der Waals surface area contributed by atoms with Crippen LogP contribution in [0.2, 0.25) is 18.1 Å². The van der Waals surface area contributed by atoms with Crippen molar-refractivity contribution in [2.45, 2.75) is 88.6 Å². The second-order valence-corrected chi connectivity index (χ2v) is 22.7. The molecule has 3 aromatic rings. The van der Waals surface area contributed by atoms with Gasteiger partial charge in [-0.25, -0.2) is 4.79 Å². The van der Waals surface area contributed by atoms with Crippen LogP contribution in [0.4, 0.5) is 10.5 Å². The number of hydrogen-bond acceptors (Lipinski definition) is 7. The van der Waals surface area contributed by atoms with Crippen molar-refractivity contribution in [3.63, 3.8) is 0 Å². The topological polar surface area (TPSA) is 129 Å². The third kappa shape index (κ3) is 7.42. The van der Waals surface area contributed by atoms with E-state index in [1.54, 1.807) is 12.1 Å². The van der Waals surface area contributed by atoms with Crippen molar-refractivity contribution in [3.05, 3.63) is 70.0 Å². The Kier molecular flexibility index (Phi) is 10.6. The number of phenols is 1. The molecular formula is C35H51N3O5S2Si. The number of carbonyl (C=O) groups is 1. The Labute approximate surface area is 283 Å². The van der Waals surface area contributed by atoms with Crippen molar-refractivity contribution >= 4 is 54.5 Å². The van der Waals surface area contributed by atoms with Crippen molar-refractivity contribution < 1.29 is 19.4 Å². The van der Waals surface area contributed by atoms with E-state index in [4.69, 9.17) is 10.2 Å². The number of aromatic nitrogens is 1. The lowest BCUT2D eigenvalue weighted by Crippen LogP contribution is -2.59. The average molecular weight is 686 g/mol. The summed E-state index contributed by atoms with van der Waals surface area (Å²) in [5.74, 6) is 2.13. The molecular weight excluding hydrogens is 635 g/mol. The van der Waals surface area contributed by atoms with Crippen molar-refractivity contribution in [3.8, 4) is 5.75 Å². The molecule has 46 heavy (non-hydrogen) atoms. The van der Waals surface area contributed by atoms with Gasteiger partial charge in [0.25, 0.3) is 0 Å². The largest absolute Gasteiger partial charge is 0.506 e. The summed E-state index contributed by atoms with van der Waals surface area (Å²) in [5, 5.41) is 21.9. The van der Waals surface area contributed by atoms with Gasteiger partial charge in [-0.1, -0.05) is 59.7 Å². The molecule has 0 spiro atoms. The number of H-pyrrole nitrogens is 1.